The first-order valence-electron chi connectivity index (χ1n) is 6.52. The Labute approximate surface area is 113 Å². The molecule has 1 aliphatic rings. The van der Waals surface area contributed by atoms with Crippen LogP contribution in [0.4, 0.5) is 0 Å². The number of nitrogens with one attached hydrogen (secondary N) is 1. The third kappa shape index (κ3) is 3.51. The summed E-state index contributed by atoms with van der Waals surface area (Å²) in [5.41, 5.74) is 3.25. The van der Waals surface area contributed by atoms with E-state index in [0.717, 1.165) is 45.1 Å². The summed E-state index contributed by atoms with van der Waals surface area (Å²) in [6, 6.07) is 0. The number of hydrogen-bond donors (Lipinski definition) is 1. The Bertz CT molecular complexity index is 372. The van der Waals surface area contributed by atoms with Gasteiger partial charge in [0.15, 0.2) is 0 Å². The minimum absolute atomic E-state index is 0.183. The Morgan fingerprint density at radius 3 is 2.78 bits per heavy atom. The number of aryl methyl sites for hydroxylation is 1. The summed E-state index contributed by atoms with van der Waals surface area (Å²) in [5, 5.41) is 3.55. The Morgan fingerprint density at radius 2 is 2.17 bits per heavy atom. The van der Waals surface area contributed by atoms with Crippen LogP contribution < -0.4 is 5.32 Å². The number of aromatic nitrogens is 1. The van der Waals surface area contributed by atoms with Gasteiger partial charge in [0, 0.05) is 36.6 Å². The molecule has 0 aromatic carbocycles. The molecule has 1 aliphatic heterocycles. The van der Waals surface area contributed by atoms with Crippen LogP contribution in [0.3, 0.4) is 0 Å². The van der Waals surface area contributed by atoms with Gasteiger partial charge in [-0.2, -0.15) is 0 Å². The van der Waals surface area contributed by atoms with Crippen molar-refractivity contribution in [3.8, 4) is 0 Å². The van der Waals surface area contributed by atoms with E-state index in [0.29, 0.717) is 0 Å². The lowest BCUT2D eigenvalue weighted by Crippen LogP contribution is -2.54. The molecule has 1 aromatic heterocycles. The van der Waals surface area contributed by atoms with Crippen LogP contribution in [0.15, 0.2) is 5.51 Å². The monoisotopic (exact) mass is 269 g/mol. The van der Waals surface area contributed by atoms with Gasteiger partial charge in [0.25, 0.3) is 0 Å². The molecule has 102 valence electrons. The fraction of sp³-hybridized carbons (Fsp3) is 0.769. The zero-order valence-electron chi connectivity index (χ0n) is 11.5. The topological polar surface area (TPSA) is 37.4 Å². The van der Waals surface area contributed by atoms with Gasteiger partial charge in [0.1, 0.15) is 0 Å². The number of rotatable bonds is 5. The lowest BCUT2D eigenvalue weighted by Gasteiger charge is -2.41. The van der Waals surface area contributed by atoms with E-state index in [1.807, 2.05) is 5.51 Å². The highest BCUT2D eigenvalue weighted by Gasteiger charge is 2.27. The molecule has 18 heavy (non-hydrogen) atoms. The lowest BCUT2D eigenvalue weighted by molar-refractivity contribution is -0.00965. The second kappa shape index (κ2) is 6.10. The third-order valence-corrected chi connectivity index (χ3v) is 4.49. The molecule has 1 fully saturated rings. The maximum atomic E-state index is 5.41. The summed E-state index contributed by atoms with van der Waals surface area (Å²) in [6.45, 7) is 12.4. The molecule has 0 aliphatic carbocycles. The largest absolute Gasteiger partial charge is 0.379 e. The fourth-order valence-corrected chi connectivity index (χ4v) is 3.01. The molecule has 0 saturated carbocycles. The first-order valence-corrected chi connectivity index (χ1v) is 7.40. The SMILES string of the molecule is Cc1ncsc1CNCC(C)(C)N1CCOCC1. The molecular formula is C13H23N3OS. The molecule has 0 spiro atoms. The van der Waals surface area contributed by atoms with Crippen LogP contribution in [0.1, 0.15) is 24.4 Å². The normalized spacial score (nSPS) is 18.2. The second-order valence-electron chi connectivity index (χ2n) is 5.38. The summed E-state index contributed by atoms with van der Waals surface area (Å²) in [7, 11) is 0. The molecule has 0 bridgehead atoms. The van der Waals surface area contributed by atoms with Crippen molar-refractivity contribution in [1.29, 1.82) is 0 Å². The quantitative estimate of drug-likeness (QED) is 0.882. The maximum Gasteiger partial charge on any atom is 0.0798 e. The minimum atomic E-state index is 0.183. The van der Waals surface area contributed by atoms with E-state index in [1.54, 1.807) is 11.3 Å². The van der Waals surface area contributed by atoms with Crippen LogP contribution in [0, 0.1) is 6.92 Å². The smallest absolute Gasteiger partial charge is 0.0798 e. The predicted molar refractivity (Wildman–Crippen MR) is 75.0 cm³/mol. The first-order chi connectivity index (χ1) is 8.59. The molecule has 0 unspecified atom stereocenters. The molecule has 1 aromatic rings. The zero-order chi connectivity index (χ0) is 13.0. The summed E-state index contributed by atoms with van der Waals surface area (Å²) in [5.74, 6) is 0. The van der Waals surface area contributed by atoms with Gasteiger partial charge in [-0.1, -0.05) is 0 Å². The van der Waals surface area contributed by atoms with Crippen molar-refractivity contribution in [2.45, 2.75) is 32.9 Å². The Balaban J connectivity index is 1.79. The fourth-order valence-electron chi connectivity index (χ4n) is 2.26. The standard InChI is InChI=1S/C13H23N3OS/c1-11-12(18-10-15-11)8-14-9-13(2,3)16-4-6-17-7-5-16/h10,14H,4-9H2,1-3H3. The predicted octanol–water partition coefficient (Wildman–Crippen LogP) is 1.65. The summed E-state index contributed by atoms with van der Waals surface area (Å²) in [4.78, 5) is 8.12. The molecule has 1 saturated heterocycles. The van der Waals surface area contributed by atoms with E-state index >= 15 is 0 Å². The van der Waals surface area contributed by atoms with Crippen molar-refractivity contribution in [2.24, 2.45) is 0 Å². The average molecular weight is 269 g/mol. The van der Waals surface area contributed by atoms with Crippen LogP contribution in [0.5, 0.6) is 0 Å². The van der Waals surface area contributed by atoms with E-state index in [-0.39, 0.29) is 5.54 Å². The number of morpholine rings is 1. The summed E-state index contributed by atoms with van der Waals surface area (Å²) in [6.07, 6.45) is 0. The summed E-state index contributed by atoms with van der Waals surface area (Å²) >= 11 is 1.73. The molecular weight excluding hydrogens is 246 g/mol. The zero-order valence-corrected chi connectivity index (χ0v) is 12.3. The highest BCUT2D eigenvalue weighted by Crippen LogP contribution is 2.16. The van der Waals surface area contributed by atoms with Crippen molar-refractivity contribution < 1.29 is 4.74 Å². The molecule has 2 heterocycles. The van der Waals surface area contributed by atoms with E-state index in [2.05, 4.69) is 36.0 Å². The molecule has 1 N–H and O–H groups in total. The van der Waals surface area contributed by atoms with Crippen LogP contribution in [0.2, 0.25) is 0 Å². The van der Waals surface area contributed by atoms with Gasteiger partial charge in [-0.15, -0.1) is 11.3 Å². The minimum Gasteiger partial charge on any atom is -0.379 e. The van der Waals surface area contributed by atoms with Crippen LogP contribution in [0.25, 0.3) is 0 Å². The van der Waals surface area contributed by atoms with Crippen LogP contribution in [-0.2, 0) is 11.3 Å². The van der Waals surface area contributed by atoms with Gasteiger partial charge in [-0.3, -0.25) is 4.90 Å². The lowest BCUT2D eigenvalue weighted by atomic mass is 10.0. The Morgan fingerprint density at radius 1 is 1.44 bits per heavy atom. The number of hydrogen-bond acceptors (Lipinski definition) is 5. The molecule has 4 nitrogen and oxygen atoms in total. The van der Waals surface area contributed by atoms with Gasteiger partial charge < -0.3 is 10.1 Å². The average Bonchev–Trinajstić information content (AvgIpc) is 2.76. The molecule has 0 atom stereocenters. The number of ether oxygens (including phenoxy) is 1. The van der Waals surface area contributed by atoms with Crippen LogP contribution >= 0.6 is 11.3 Å². The van der Waals surface area contributed by atoms with Crippen molar-refractivity contribution in [3.05, 3.63) is 16.1 Å². The van der Waals surface area contributed by atoms with Gasteiger partial charge >= 0.3 is 0 Å². The van der Waals surface area contributed by atoms with Crippen molar-refractivity contribution >= 4 is 11.3 Å². The van der Waals surface area contributed by atoms with Crippen molar-refractivity contribution in [3.63, 3.8) is 0 Å². The van der Waals surface area contributed by atoms with Crippen molar-refractivity contribution in [2.75, 3.05) is 32.8 Å². The van der Waals surface area contributed by atoms with Gasteiger partial charge in [0.05, 0.1) is 24.4 Å². The third-order valence-electron chi connectivity index (χ3n) is 3.56. The van der Waals surface area contributed by atoms with Gasteiger partial charge in [0.2, 0.25) is 0 Å². The first kappa shape index (κ1) is 13.9. The Hall–Kier alpha value is -0.490. The second-order valence-corrected chi connectivity index (χ2v) is 6.32. The number of thiazole rings is 1. The molecule has 2 rings (SSSR count). The maximum absolute atomic E-state index is 5.41. The van der Waals surface area contributed by atoms with E-state index < -0.39 is 0 Å². The van der Waals surface area contributed by atoms with E-state index in [1.165, 1.54) is 4.88 Å². The Kier molecular flexibility index (Phi) is 4.72. The number of nitrogens with zero attached hydrogens (tertiary/aromatic N) is 2. The molecule has 0 radical (unpaired) electrons. The van der Waals surface area contributed by atoms with Gasteiger partial charge in [-0.25, -0.2) is 4.98 Å². The van der Waals surface area contributed by atoms with Crippen LogP contribution in [-0.4, -0.2) is 48.3 Å². The van der Waals surface area contributed by atoms with Crippen molar-refractivity contribution in [1.82, 2.24) is 15.2 Å². The molecule has 5 heteroatoms. The van der Waals surface area contributed by atoms with Gasteiger partial charge in [-0.05, 0) is 20.8 Å². The molecule has 0 amide bonds. The van der Waals surface area contributed by atoms with E-state index in [9.17, 15) is 0 Å². The van der Waals surface area contributed by atoms with E-state index in [4.69, 9.17) is 4.74 Å². The summed E-state index contributed by atoms with van der Waals surface area (Å²) < 4.78 is 5.41. The highest BCUT2D eigenvalue weighted by atomic mass is 32.1. The highest BCUT2D eigenvalue weighted by molar-refractivity contribution is 7.09.